The van der Waals surface area contributed by atoms with Gasteiger partial charge in [0.15, 0.2) is 0 Å². The van der Waals surface area contributed by atoms with E-state index in [0.717, 1.165) is 11.1 Å². The second kappa shape index (κ2) is 5.64. The molecule has 0 aliphatic rings. The van der Waals surface area contributed by atoms with Gasteiger partial charge in [-0.2, -0.15) is 0 Å². The minimum absolute atomic E-state index is 0.162. The van der Waals surface area contributed by atoms with E-state index in [4.69, 9.17) is 23.2 Å². The van der Waals surface area contributed by atoms with Crippen molar-refractivity contribution in [1.29, 1.82) is 0 Å². The van der Waals surface area contributed by atoms with Crippen LogP contribution in [0.3, 0.4) is 0 Å². The number of carbonyl (C=O) groups excluding carboxylic acids is 1. The minimum atomic E-state index is -0.162. The predicted octanol–water partition coefficient (Wildman–Crippen LogP) is 4.86. The number of benzene rings is 2. The maximum atomic E-state index is 12.1. The number of aryl methyl sites for hydroxylation is 2. The van der Waals surface area contributed by atoms with Crippen molar-refractivity contribution in [2.24, 2.45) is 0 Å². The lowest BCUT2D eigenvalue weighted by Crippen LogP contribution is -2.12. The van der Waals surface area contributed by atoms with E-state index >= 15 is 0 Å². The molecule has 0 aliphatic heterocycles. The van der Waals surface area contributed by atoms with E-state index in [1.807, 2.05) is 32.0 Å². The van der Waals surface area contributed by atoms with Gasteiger partial charge in [0.2, 0.25) is 0 Å². The maximum Gasteiger partial charge on any atom is 0.255 e. The molecule has 2 aromatic rings. The average molecular weight is 294 g/mol. The zero-order valence-electron chi connectivity index (χ0n) is 10.6. The molecule has 0 bridgehead atoms. The van der Waals surface area contributed by atoms with Crippen molar-refractivity contribution in [3.63, 3.8) is 0 Å². The molecule has 0 fully saturated rings. The number of halogens is 2. The van der Waals surface area contributed by atoms with Crippen molar-refractivity contribution in [3.8, 4) is 0 Å². The van der Waals surface area contributed by atoms with Crippen molar-refractivity contribution in [1.82, 2.24) is 0 Å². The highest BCUT2D eigenvalue weighted by Crippen LogP contribution is 2.25. The fraction of sp³-hybridized carbons (Fsp3) is 0.133. The van der Waals surface area contributed by atoms with E-state index in [2.05, 4.69) is 5.32 Å². The SMILES string of the molecule is Cc1cc(C)cc(C(=O)Nc2ccc(Cl)c(Cl)c2)c1. The van der Waals surface area contributed by atoms with Crippen LogP contribution in [0.25, 0.3) is 0 Å². The van der Waals surface area contributed by atoms with Crippen LogP contribution in [0.1, 0.15) is 21.5 Å². The highest BCUT2D eigenvalue weighted by Gasteiger charge is 2.08. The molecule has 0 aliphatic carbocycles. The first-order valence-electron chi connectivity index (χ1n) is 5.80. The van der Waals surface area contributed by atoms with E-state index in [0.29, 0.717) is 21.3 Å². The second-order valence-corrected chi connectivity index (χ2v) is 5.27. The maximum absolute atomic E-state index is 12.1. The third-order valence-electron chi connectivity index (χ3n) is 2.66. The number of rotatable bonds is 2. The van der Waals surface area contributed by atoms with E-state index in [-0.39, 0.29) is 5.91 Å². The summed E-state index contributed by atoms with van der Waals surface area (Å²) in [4.78, 5) is 12.1. The Balaban J connectivity index is 2.22. The largest absolute Gasteiger partial charge is 0.322 e. The summed E-state index contributed by atoms with van der Waals surface area (Å²) in [5, 5.41) is 3.68. The number of amides is 1. The fourth-order valence-electron chi connectivity index (χ4n) is 1.88. The van der Waals surface area contributed by atoms with Gasteiger partial charge in [0.1, 0.15) is 0 Å². The molecule has 0 saturated carbocycles. The molecule has 0 atom stereocenters. The van der Waals surface area contributed by atoms with Gasteiger partial charge in [-0.3, -0.25) is 4.79 Å². The van der Waals surface area contributed by atoms with Gasteiger partial charge >= 0.3 is 0 Å². The summed E-state index contributed by atoms with van der Waals surface area (Å²) in [6, 6.07) is 10.7. The van der Waals surface area contributed by atoms with Crippen LogP contribution in [0, 0.1) is 13.8 Å². The molecule has 0 aromatic heterocycles. The topological polar surface area (TPSA) is 29.1 Å². The molecular formula is C15H13Cl2NO. The standard InChI is InChI=1S/C15H13Cl2NO/c1-9-5-10(2)7-11(6-9)15(19)18-12-3-4-13(16)14(17)8-12/h3-8H,1-2H3,(H,18,19). The lowest BCUT2D eigenvalue weighted by atomic mass is 10.1. The Morgan fingerprint density at radius 2 is 1.58 bits per heavy atom. The second-order valence-electron chi connectivity index (χ2n) is 4.46. The molecule has 2 aromatic carbocycles. The molecule has 1 amide bonds. The lowest BCUT2D eigenvalue weighted by Gasteiger charge is -2.08. The molecular weight excluding hydrogens is 281 g/mol. The number of hydrogen-bond donors (Lipinski definition) is 1. The van der Waals surface area contributed by atoms with Crippen LogP contribution in [-0.4, -0.2) is 5.91 Å². The van der Waals surface area contributed by atoms with Gasteiger partial charge in [-0.1, -0.05) is 40.4 Å². The summed E-state index contributed by atoms with van der Waals surface area (Å²) >= 11 is 11.7. The zero-order chi connectivity index (χ0) is 14.0. The molecule has 2 rings (SSSR count). The van der Waals surface area contributed by atoms with E-state index in [9.17, 15) is 4.79 Å². The number of anilines is 1. The van der Waals surface area contributed by atoms with Crippen LogP contribution in [0.4, 0.5) is 5.69 Å². The Bertz CT molecular complexity index is 618. The van der Waals surface area contributed by atoms with Gasteiger partial charge in [0, 0.05) is 11.3 Å². The number of carbonyl (C=O) groups is 1. The van der Waals surface area contributed by atoms with Crippen molar-refractivity contribution >= 4 is 34.8 Å². The van der Waals surface area contributed by atoms with Gasteiger partial charge in [-0.15, -0.1) is 0 Å². The van der Waals surface area contributed by atoms with Gasteiger partial charge in [-0.25, -0.2) is 0 Å². The monoisotopic (exact) mass is 293 g/mol. The Kier molecular flexibility index (Phi) is 4.13. The summed E-state index contributed by atoms with van der Waals surface area (Å²) in [6.07, 6.45) is 0. The van der Waals surface area contributed by atoms with Crippen LogP contribution >= 0.6 is 23.2 Å². The first kappa shape index (κ1) is 13.9. The van der Waals surface area contributed by atoms with Gasteiger partial charge in [0.05, 0.1) is 10.0 Å². The Morgan fingerprint density at radius 3 is 2.16 bits per heavy atom. The van der Waals surface area contributed by atoms with Crippen molar-refractivity contribution < 1.29 is 4.79 Å². The molecule has 1 N–H and O–H groups in total. The fourth-order valence-corrected chi connectivity index (χ4v) is 2.18. The highest BCUT2D eigenvalue weighted by atomic mass is 35.5. The van der Waals surface area contributed by atoms with E-state index in [1.165, 1.54) is 0 Å². The average Bonchev–Trinajstić information content (AvgIpc) is 2.32. The first-order chi connectivity index (χ1) is 8.95. The van der Waals surface area contributed by atoms with E-state index < -0.39 is 0 Å². The predicted molar refractivity (Wildman–Crippen MR) is 80.3 cm³/mol. The van der Waals surface area contributed by atoms with Gasteiger partial charge in [-0.05, 0) is 44.2 Å². The molecule has 0 unspecified atom stereocenters. The summed E-state index contributed by atoms with van der Waals surface area (Å²) in [5.74, 6) is -0.162. The minimum Gasteiger partial charge on any atom is -0.322 e. The van der Waals surface area contributed by atoms with Crippen molar-refractivity contribution in [2.45, 2.75) is 13.8 Å². The quantitative estimate of drug-likeness (QED) is 0.841. The number of hydrogen-bond acceptors (Lipinski definition) is 1. The summed E-state index contributed by atoms with van der Waals surface area (Å²) in [6.45, 7) is 3.92. The summed E-state index contributed by atoms with van der Waals surface area (Å²) in [5.41, 5.74) is 3.36. The Hall–Kier alpha value is -1.51. The highest BCUT2D eigenvalue weighted by molar-refractivity contribution is 6.42. The van der Waals surface area contributed by atoms with Gasteiger partial charge < -0.3 is 5.32 Å². The molecule has 98 valence electrons. The molecule has 0 radical (unpaired) electrons. The first-order valence-corrected chi connectivity index (χ1v) is 6.56. The lowest BCUT2D eigenvalue weighted by molar-refractivity contribution is 0.102. The van der Waals surface area contributed by atoms with Crippen LogP contribution in [0.15, 0.2) is 36.4 Å². The van der Waals surface area contributed by atoms with Crippen molar-refractivity contribution in [3.05, 3.63) is 63.1 Å². The third-order valence-corrected chi connectivity index (χ3v) is 3.40. The molecule has 19 heavy (non-hydrogen) atoms. The van der Waals surface area contributed by atoms with Crippen LogP contribution in [-0.2, 0) is 0 Å². The third kappa shape index (κ3) is 3.49. The van der Waals surface area contributed by atoms with Crippen LogP contribution < -0.4 is 5.32 Å². The number of nitrogens with one attached hydrogen (secondary N) is 1. The molecule has 0 saturated heterocycles. The summed E-state index contributed by atoms with van der Waals surface area (Å²) in [7, 11) is 0. The molecule has 0 heterocycles. The van der Waals surface area contributed by atoms with Gasteiger partial charge in [0.25, 0.3) is 5.91 Å². The van der Waals surface area contributed by atoms with E-state index in [1.54, 1.807) is 18.2 Å². The normalized spacial score (nSPS) is 10.3. The smallest absolute Gasteiger partial charge is 0.255 e. The molecule has 0 spiro atoms. The Labute approximate surface area is 122 Å². The zero-order valence-corrected chi connectivity index (χ0v) is 12.1. The van der Waals surface area contributed by atoms with Crippen molar-refractivity contribution in [2.75, 3.05) is 5.32 Å². The Morgan fingerprint density at radius 1 is 0.947 bits per heavy atom. The molecule has 2 nitrogen and oxygen atoms in total. The van der Waals surface area contributed by atoms with Crippen LogP contribution in [0.5, 0.6) is 0 Å². The van der Waals surface area contributed by atoms with Crippen LogP contribution in [0.2, 0.25) is 10.0 Å². The summed E-state index contributed by atoms with van der Waals surface area (Å²) < 4.78 is 0. The molecule has 4 heteroatoms.